The summed E-state index contributed by atoms with van der Waals surface area (Å²) in [6.07, 6.45) is 6.82. The Morgan fingerprint density at radius 3 is 2.32 bits per heavy atom. The van der Waals surface area contributed by atoms with Gasteiger partial charge in [-0.1, -0.05) is 48.9 Å². The smallest absolute Gasteiger partial charge is 0.0423 e. The van der Waals surface area contributed by atoms with Crippen molar-refractivity contribution in [3.05, 3.63) is 33.8 Å². The Labute approximate surface area is 125 Å². The van der Waals surface area contributed by atoms with Crippen LogP contribution in [0.2, 0.25) is 10.0 Å². The van der Waals surface area contributed by atoms with Crippen LogP contribution in [0.25, 0.3) is 0 Å². The SMILES string of the molecule is Clc1cc(Cl)cc(C2CCNCC2C2CCCC2)c1. The molecule has 1 N–H and O–H groups in total. The van der Waals surface area contributed by atoms with Crippen molar-refractivity contribution >= 4 is 23.2 Å². The second-order valence-electron chi connectivity index (χ2n) is 6.01. The molecule has 1 saturated heterocycles. The first-order chi connectivity index (χ1) is 9.24. The topological polar surface area (TPSA) is 12.0 Å². The van der Waals surface area contributed by atoms with Gasteiger partial charge in [0.1, 0.15) is 0 Å². The third-order valence-corrected chi connectivity index (χ3v) is 5.28. The van der Waals surface area contributed by atoms with Crippen molar-refractivity contribution in [2.75, 3.05) is 13.1 Å². The molecule has 0 bridgehead atoms. The molecule has 1 saturated carbocycles. The van der Waals surface area contributed by atoms with Gasteiger partial charge >= 0.3 is 0 Å². The molecule has 1 aliphatic heterocycles. The fourth-order valence-corrected chi connectivity index (χ4v) is 4.51. The fourth-order valence-electron chi connectivity index (χ4n) is 3.97. The van der Waals surface area contributed by atoms with Crippen molar-refractivity contribution in [1.82, 2.24) is 5.32 Å². The molecule has 0 radical (unpaired) electrons. The van der Waals surface area contributed by atoms with Crippen LogP contribution >= 0.6 is 23.2 Å². The van der Waals surface area contributed by atoms with Crippen molar-refractivity contribution in [3.63, 3.8) is 0 Å². The summed E-state index contributed by atoms with van der Waals surface area (Å²) < 4.78 is 0. The van der Waals surface area contributed by atoms with Crippen LogP contribution in [-0.2, 0) is 0 Å². The third-order valence-electron chi connectivity index (χ3n) is 4.85. The summed E-state index contributed by atoms with van der Waals surface area (Å²) in [4.78, 5) is 0. The number of piperidine rings is 1. The lowest BCUT2D eigenvalue weighted by Crippen LogP contribution is -2.38. The third kappa shape index (κ3) is 3.09. The molecule has 0 aromatic heterocycles. The van der Waals surface area contributed by atoms with Crippen LogP contribution in [0.1, 0.15) is 43.6 Å². The Kier molecular flexibility index (Phi) is 4.36. The van der Waals surface area contributed by atoms with Crippen molar-refractivity contribution in [1.29, 1.82) is 0 Å². The van der Waals surface area contributed by atoms with Gasteiger partial charge in [0.25, 0.3) is 0 Å². The number of benzene rings is 1. The Morgan fingerprint density at radius 1 is 0.947 bits per heavy atom. The summed E-state index contributed by atoms with van der Waals surface area (Å²) in [6.45, 7) is 2.26. The van der Waals surface area contributed by atoms with E-state index in [0.717, 1.165) is 35.0 Å². The zero-order valence-electron chi connectivity index (χ0n) is 11.2. The predicted molar refractivity (Wildman–Crippen MR) is 82.1 cm³/mol. The average Bonchev–Trinajstić information content (AvgIpc) is 2.91. The minimum atomic E-state index is 0.626. The zero-order chi connectivity index (χ0) is 13.2. The summed E-state index contributed by atoms with van der Waals surface area (Å²) in [5.74, 6) is 2.27. The number of halogens is 2. The zero-order valence-corrected chi connectivity index (χ0v) is 12.7. The lowest BCUT2D eigenvalue weighted by atomic mass is 9.73. The first kappa shape index (κ1) is 13.7. The fraction of sp³-hybridized carbons (Fsp3) is 0.625. The molecule has 1 aromatic rings. The molecule has 3 heteroatoms. The van der Waals surface area contributed by atoms with Gasteiger partial charge in [-0.3, -0.25) is 0 Å². The van der Waals surface area contributed by atoms with E-state index in [4.69, 9.17) is 23.2 Å². The first-order valence-electron chi connectivity index (χ1n) is 7.41. The maximum Gasteiger partial charge on any atom is 0.0423 e. The van der Waals surface area contributed by atoms with Gasteiger partial charge < -0.3 is 5.32 Å². The highest BCUT2D eigenvalue weighted by Crippen LogP contribution is 2.42. The second kappa shape index (κ2) is 6.03. The quantitative estimate of drug-likeness (QED) is 0.820. The molecule has 1 aromatic carbocycles. The van der Waals surface area contributed by atoms with E-state index in [0.29, 0.717) is 5.92 Å². The van der Waals surface area contributed by atoms with Gasteiger partial charge in [0.05, 0.1) is 0 Å². The van der Waals surface area contributed by atoms with Crippen LogP contribution < -0.4 is 5.32 Å². The number of hydrogen-bond donors (Lipinski definition) is 1. The number of hydrogen-bond acceptors (Lipinski definition) is 1. The summed E-state index contributed by atoms with van der Waals surface area (Å²) in [5, 5.41) is 5.11. The Morgan fingerprint density at radius 2 is 1.63 bits per heavy atom. The number of rotatable bonds is 2. The minimum absolute atomic E-state index is 0.626. The van der Waals surface area contributed by atoms with Gasteiger partial charge in [-0.2, -0.15) is 0 Å². The molecule has 2 aliphatic rings. The molecule has 3 rings (SSSR count). The largest absolute Gasteiger partial charge is 0.316 e. The van der Waals surface area contributed by atoms with E-state index < -0.39 is 0 Å². The molecular formula is C16H21Cl2N. The second-order valence-corrected chi connectivity index (χ2v) is 6.88. The monoisotopic (exact) mass is 297 g/mol. The average molecular weight is 298 g/mol. The Hall–Kier alpha value is -0.240. The van der Waals surface area contributed by atoms with Crippen LogP contribution in [0.4, 0.5) is 0 Å². The van der Waals surface area contributed by atoms with Gasteiger partial charge in [-0.05, 0) is 61.0 Å². The summed E-state index contributed by atoms with van der Waals surface area (Å²) in [6, 6.07) is 6.06. The van der Waals surface area contributed by atoms with E-state index in [2.05, 4.69) is 17.4 Å². The maximum atomic E-state index is 6.18. The number of nitrogens with one attached hydrogen (secondary N) is 1. The minimum Gasteiger partial charge on any atom is -0.316 e. The van der Waals surface area contributed by atoms with Crippen LogP contribution in [0.15, 0.2) is 18.2 Å². The maximum absolute atomic E-state index is 6.18. The molecule has 0 spiro atoms. The molecule has 2 fully saturated rings. The predicted octanol–water partition coefficient (Wildman–Crippen LogP) is 4.88. The van der Waals surface area contributed by atoms with Crippen molar-refractivity contribution in [3.8, 4) is 0 Å². The Bertz CT molecular complexity index is 420. The van der Waals surface area contributed by atoms with Crippen LogP contribution in [0.5, 0.6) is 0 Å². The standard InChI is InChI=1S/C16H21Cl2N/c17-13-7-12(8-14(18)9-13)15-5-6-19-10-16(15)11-3-1-2-4-11/h7-9,11,15-16,19H,1-6,10H2. The van der Waals surface area contributed by atoms with Crippen molar-refractivity contribution in [2.45, 2.75) is 38.0 Å². The summed E-state index contributed by atoms with van der Waals surface area (Å²) >= 11 is 12.4. The van der Waals surface area contributed by atoms with Gasteiger partial charge in [0.15, 0.2) is 0 Å². The first-order valence-corrected chi connectivity index (χ1v) is 8.16. The van der Waals surface area contributed by atoms with E-state index in [1.54, 1.807) is 0 Å². The molecule has 19 heavy (non-hydrogen) atoms. The summed E-state index contributed by atoms with van der Waals surface area (Å²) in [7, 11) is 0. The lowest BCUT2D eigenvalue weighted by Gasteiger charge is -2.36. The molecule has 2 unspecified atom stereocenters. The molecule has 1 aliphatic carbocycles. The molecule has 1 nitrogen and oxygen atoms in total. The highest BCUT2D eigenvalue weighted by atomic mass is 35.5. The molecule has 0 amide bonds. The molecular weight excluding hydrogens is 277 g/mol. The van der Waals surface area contributed by atoms with Gasteiger partial charge in [-0.25, -0.2) is 0 Å². The highest BCUT2D eigenvalue weighted by molar-refractivity contribution is 6.34. The summed E-state index contributed by atoms with van der Waals surface area (Å²) in [5.41, 5.74) is 1.34. The highest BCUT2D eigenvalue weighted by Gasteiger charge is 2.34. The van der Waals surface area contributed by atoms with Crippen molar-refractivity contribution < 1.29 is 0 Å². The molecule has 104 valence electrons. The van der Waals surface area contributed by atoms with Crippen molar-refractivity contribution in [2.24, 2.45) is 11.8 Å². The normalized spacial score (nSPS) is 28.7. The van der Waals surface area contributed by atoms with Crippen LogP contribution in [-0.4, -0.2) is 13.1 Å². The van der Waals surface area contributed by atoms with E-state index in [1.807, 2.05) is 6.07 Å². The van der Waals surface area contributed by atoms with Gasteiger partial charge in [0.2, 0.25) is 0 Å². The van der Waals surface area contributed by atoms with E-state index >= 15 is 0 Å². The molecule has 1 heterocycles. The van der Waals surface area contributed by atoms with Gasteiger partial charge in [-0.15, -0.1) is 0 Å². The van der Waals surface area contributed by atoms with E-state index in [9.17, 15) is 0 Å². The van der Waals surface area contributed by atoms with Crippen LogP contribution in [0.3, 0.4) is 0 Å². The van der Waals surface area contributed by atoms with E-state index in [1.165, 1.54) is 37.7 Å². The molecule has 2 atom stereocenters. The Balaban J connectivity index is 1.86. The van der Waals surface area contributed by atoms with Crippen LogP contribution in [0, 0.1) is 11.8 Å². The van der Waals surface area contributed by atoms with Gasteiger partial charge in [0, 0.05) is 10.0 Å². The van der Waals surface area contributed by atoms with E-state index in [-0.39, 0.29) is 0 Å². The lowest BCUT2D eigenvalue weighted by molar-refractivity contribution is 0.231.